The first-order valence-corrected chi connectivity index (χ1v) is 8.72. The second-order valence-electron chi connectivity index (χ2n) is 5.94. The summed E-state index contributed by atoms with van der Waals surface area (Å²) in [6.45, 7) is -3.83. The normalized spacial score (nSPS) is 10.8. The number of ether oxygens (including phenoxy) is 4. The van der Waals surface area contributed by atoms with E-state index in [0.717, 1.165) is 24.3 Å². The number of allylic oxidation sites excluding steroid dienone is 1. The number of hydrogen-bond donors (Lipinski definition) is 1. The van der Waals surface area contributed by atoms with Crippen LogP contribution in [0.1, 0.15) is 15.9 Å². The van der Waals surface area contributed by atoms with Crippen LogP contribution in [0.15, 0.2) is 36.4 Å². The standard InChI is InChI=1S/C20H17F2NO9/c1-29-16-8-12(4-6-15(16)31-10-19(25)26)14(24)5-3-11-7-17(30-2)18(32-20(21)22)9-13(11)23(27)28/h3-9,20H,10H2,1-2H3,(H,25,26)/b5-3+. The molecule has 1 N–H and O–H groups in total. The number of benzene rings is 2. The molecule has 0 aromatic heterocycles. The van der Waals surface area contributed by atoms with Gasteiger partial charge >= 0.3 is 12.6 Å². The molecule has 32 heavy (non-hydrogen) atoms. The monoisotopic (exact) mass is 453 g/mol. The Balaban J connectivity index is 2.35. The number of carbonyl (C=O) groups excluding carboxylic acids is 1. The largest absolute Gasteiger partial charge is 0.493 e. The highest BCUT2D eigenvalue weighted by molar-refractivity contribution is 6.07. The number of ketones is 1. The van der Waals surface area contributed by atoms with Crippen molar-refractivity contribution in [2.45, 2.75) is 6.61 Å². The summed E-state index contributed by atoms with van der Waals surface area (Å²) in [5.41, 5.74) is -0.552. The van der Waals surface area contributed by atoms with Gasteiger partial charge in [0.2, 0.25) is 0 Å². The Labute approximate surface area is 179 Å². The number of rotatable bonds is 11. The molecule has 0 aliphatic heterocycles. The number of nitro groups is 1. The average Bonchev–Trinajstić information content (AvgIpc) is 2.75. The SMILES string of the molecule is COc1cc(C(=O)/C=C/c2cc(OC)c(OC(F)F)cc2[N+](=O)[O-])ccc1OCC(=O)O. The lowest BCUT2D eigenvalue weighted by molar-refractivity contribution is -0.385. The van der Waals surface area contributed by atoms with Gasteiger partial charge in [-0.05, 0) is 36.4 Å². The summed E-state index contributed by atoms with van der Waals surface area (Å²) in [5.74, 6) is -2.28. The van der Waals surface area contributed by atoms with Crippen LogP contribution in [0.2, 0.25) is 0 Å². The molecule has 0 saturated carbocycles. The second-order valence-corrected chi connectivity index (χ2v) is 5.94. The first kappa shape index (κ1) is 24.1. The lowest BCUT2D eigenvalue weighted by Crippen LogP contribution is -2.10. The molecule has 2 aromatic carbocycles. The molecule has 0 saturated heterocycles. The van der Waals surface area contributed by atoms with E-state index in [1.165, 1.54) is 32.4 Å². The highest BCUT2D eigenvalue weighted by Crippen LogP contribution is 2.36. The van der Waals surface area contributed by atoms with Crippen LogP contribution in [-0.2, 0) is 4.79 Å². The molecular formula is C20H17F2NO9. The van der Waals surface area contributed by atoms with Crippen molar-refractivity contribution in [1.29, 1.82) is 0 Å². The Bertz CT molecular complexity index is 1050. The number of hydrogen-bond acceptors (Lipinski definition) is 8. The molecule has 10 nitrogen and oxygen atoms in total. The van der Waals surface area contributed by atoms with Gasteiger partial charge in [0.05, 0.1) is 30.8 Å². The van der Waals surface area contributed by atoms with E-state index >= 15 is 0 Å². The lowest BCUT2D eigenvalue weighted by atomic mass is 10.1. The summed E-state index contributed by atoms with van der Waals surface area (Å²) in [7, 11) is 2.46. The molecule has 0 aliphatic carbocycles. The van der Waals surface area contributed by atoms with E-state index in [9.17, 15) is 28.5 Å². The second kappa shape index (κ2) is 10.7. The Morgan fingerprint density at radius 3 is 2.31 bits per heavy atom. The van der Waals surface area contributed by atoms with Crippen molar-refractivity contribution in [2.24, 2.45) is 0 Å². The van der Waals surface area contributed by atoms with Gasteiger partial charge in [-0.3, -0.25) is 14.9 Å². The molecule has 2 aromatic rings. The van der Waals surface area contributed by atoms with Crippen LogP contribution in [-0.4, -0.2) is 49.2 Å². The fourth-order valence-corrected chi connectivity index (χ4v) is 2.55. The number of nitro benzene ring substituents is 1. The third kappa shape index (κ3) is 6.14. The summed E-state index contributed by atoms with van der Waals surface area (Å²) in [4.78, 5) is 33.7. The molecule has 0 amide bonds. The molecule has 0 bridgehead atoms. The predicted octanol–water partition coefficient (Wildman–Crippen LogP) is 3.57. The van der Waals surface area contributed by atoms with Gasteiger partial charge in [0.15, 0.2) is 35.4 Å². The fourth-order valence-electron chi connectivity index (χ4n) is 2.55. The van der Waals surface area contributed by atoms with Crippen molar-refractivity contribution in [3.8, 4) is 23.0 Å². The number of carboxylic acid groups (broad SMARTS) is 1. The van der Waals surface area contributed by atoms with Crippen LogP contribution in [0.5, 0.6) is 23.0 Å². The number of carboxylic acids is 1. The maximum absolute atomic E-state index is 12.5. The Kier molecular flexibility index (Phi) is 8.04. The summed E-state index contributed by atoms with van der Waals surface area (Å²) < 4.78 is 44.4. The zero-order valence-corrected chi connectivity index (χ0v) is 16.7. The van der Waals surface area contributed by atoms with E-state index in [4.69, 9.17) is 19.3 Å². The van der Waals surface area contributed by atoms with Gasteiger partial charge in [-0.15, -0.1) is 0 Å². The maximum atomic E-state index is 12.5. The predicted molar refractivity (Wildman–Crippen MR) is 106 cm³/mol. The summed E-state index contributed by atoms with van der Waals surface area (Å²) >= 11 is 0. The average molecular weight is 453 g/mol. The molecule has 0 spiro atoms. The Hall–Kier alpha value is -4.22. The first-order chi connectivity index (χ1) is 15.2. The van der Waals surface area contributed by atoms with Crippen molar-refractivity contribution in [3.05, 3.63) is 57.6 Å². The lowest BCUT2D eigenvalue weighted by Gasteiger charge is -2.11. The minimum Gasteiger partial charge on any atom is -0.493 e. The van der Waals surface area contributed by atoms with E-state index in [1.54, 1.807) is 0 Å². The van der Waals surface area contributed by atoms with Gasteiger partial charge < -0.3 is 24.1 Å². The van der Waals surface area contributed by atoms with Crippen LogP contribution < -0.4 is 18.9 Å². The zero-order valence-electron chi connectivity index (χ0n) is 16.7. The molecule has 0 aliphatic rings. The van der Waals surface area contributed by atoms with Gasteiger partial charge in [0.25, 0.3) is 5.69 Å². The van der Waals surface area contributed by atoms with Gasteiger partial charge in [-0.2, -0.15) is 8.78 Å². The van der Waals surface area contributed by atoms with Crippen LogP contribution in [0.3, 0.4) is 0 Å². The number of methoxy groups -OCH3 is 2. The molecule has 0 fully saturated rings. The van der Waals surface area contributed by atoms with E-state index in [0.29, 0.717) is 0 Å². The first-order valence-electron chi connectivity index (χ1n) is 8.72. The minimum atomic E-state index is -3.22. The van der Waals surface area contributed by atoms with Gasteiger partial charge in [-0.1, -0.05) is 0 Å². The molecule has 0 unspecified atom stereocenters. The van der Waals surface area contributed by atoms with Crippen molar-refractivity contribution in [1.82, 2.24) is 0 Å². The van der Waals surface area contributed by atoms with Crippen molar-refractivity contribution in [3.63, 3.8) is 0 Å². The maximum Gasteiger partial charge on any atom is 0.387 e. The van der Waals surface area contributed by atoms with Gasteiger partial charge in [0, 0.05) is 5.56 Å². The highest BCUT2D eigenvalue weighted by Gasteiger charge is 2.21. The van der Waals surface area contributed by atoms with Crippen LogP contribution in [0, 0.1) is 10.1 Å². The molecular weight excluding hydrogens is 436 g/mol. The van der Waals surface area contributed by atoms with E-state index < -0.39 is 41.3 Å². The summed E-state index contributed by atoms with van der Waals surface area (Å²) in [6, 6.07) is 5.85. The smallest absolute Gasteiger partial charge is 0.387 e. The fraction of sp³-hybridized carbons (Fsp3) is 0.200. The molecule has 0 radical (unpaired) electrons. The topological polar surface area (TPSA) is 134 Å². The van der Waals surface area contributed by atoms with Crippen molar-refractivity contribution in [2.75, 3.05) is 20.8 Å². The Morgan fingerprint density at radius 1 is 1.09 bits per heavy atom. The molecule has 2 rings (SSSR count). The summed E-state index contributed by atoms with van der Waals surface area (Å²) in [6.07, 6.45) is 2.15. The van der Waals surface area contributed by atoms with Crippen LogP contribution in [0.4, 0.5) is 14.5 Å². The molecule has 0 heterocycles. The highest BCUT2D eigenvalue weighted by atomic mass is 19.3. The summed E-state index contributed by atoms with van der Waals surface area (Å²) in [5, 5.41) is 20.0. The molecule has 0 atom stereocenters. The third-order valence-electron chi connectivity index (χ3n) is 3.94. The molecule has 170 valence electrons. The number of carbonyl (C=O) groups is 2. The Morgan fingerprint density at radius 2 is 1.75 bits per heavy atom. The zero-order chi connectivity index (χ0) is 23.8. The van der Waals surface area contributed by atoms with E-state index in [1.807, 2.05) is 0 Å². The molecule has 12 heteroatoms. The van der Waals surface area contributed by atoms with Gasteiger partial charge in [-0.25, -0.2) is 4.79 Å². The number of nitrogens with zero attached hydrogens (tertiary/aromatic N) is 1. The van der Waals surface area contributed by atoms with Gasteiger partial charge in [0.1, 0.15) is 0 Å². The van der Waals surface area contributed by atoms with Crippen molar-refractivity contribution < 1.29 is 47.3 Å². The van der Waals surface area contributed by atoms with E-state index in [2.05, 4.69) is 4.74 Å². The van der Waals surface area contributed by atoms with Crippen molar-refractivity contribution >= 4 is 23.5 Å². The number of aliphatic carboxylic acids is 1. The minimum absolute atomic E-state index is 0.0878. The number of alkyl halides is 2. The van der Waals surface area contributed by atoms with Crippen LogP contribution in [0.25, 0.3) is 6.08 Å². The third-order valence-corrected chi connectivity index (χ3v) is 3.94. The van der Waals surface area contributed by atoms with Crippen LogP contribution >= 0.6 is 0 Å². The van der Waals surface area contributed by atoms with E-state index in [-0.39, 0.29) is 28.4 Å². The quantitative estimate of drug-likeness (QED) is 0.234. The number of halogens is 2.